The SMILES string of the molecule is C[C@H](NC(=O)c1ccccc1NS(=O)(=O)c1ccc2ccccc2c1)c1ccccc1. The van der Waals surface area contributed by atoms with Crippen molar-refractivity contribution >= 4 is 32.4 Å². The molecule has 5 nitrogen and oxygen atoms in total. The average Bonchev–Trinajstić information content (AvgIpc) is 2.79. The van der Waals surface area contributed by atoms with E-state index < -0.39 is 10.0 Å². The third kappa shape index (κ3) is 4.59. The van der Waals surface area contributed by atoms with Crippen LogP contribution in [0.2, 0.25) is 0 Å². The van der Waals surface area contributed by atoms with E-state index in [0.717, 1.165) is 16.3 Å². The van der Waals surface area contributed by atoms with Crippen molar-refractivity contribution in [3.8, 4) is 0 Å². The number of fused-ring (bicyclic) bond motifs is 1. The fraction of sp³-hybridized carbons (Fsp3) is 0.0800. The summed E-state index contributed by atoms with van der Waals surface area (Å²) in [6.45, 7) is 1.88. The molecular formula is C25H22N2O3S. The van der Waals surface area contributed by atoms with Crippen LogP contribution in [0.3, 0.4) is 0 Å². The molecule has 4 aromatic carbocycles. The largest absolute Gasteiger partial charge is 0.345 e. The topological polar surface area (TPSA) is 75.3 Å². The molecule has 0 spiro atoms. The number of rotatable bonds is 6. The zero-order valence-electron chi connectivity index (χ0n) is 16.9. The number of carbonyl (C=O) groups is 1. The molecule has 0 radical (unpaired) electrons. The second-order valence-corrected chi connectivity index (χ2v) is 8.95. The van der Waals surface area contributed by atoms with Crippen LogP contribution in [0.25, 0.3) is 10.8 Å². The van der Waals surface area contributed by atoms with Gasteiger partial charge in [-0.05, 0) is 47.5 Å². The molecule has 6 heteroatoms. The minimum absolute atomic E-state index is 0.138. The molecule has 2 N–H and O–H groups in total. The van der Waals surface area contributed by atoms with Gasteiger partial charge in [0.25, 0.3) is 15.9 Å². The standard InChI is InChI=1S/C25H22N2O3S/c1-18(19-9-3-2-4-10-19)26-25(28)23-13-7-8-14-24(23)27-31(29,30)22-16-15-20-11-5-6-12-21(20)17-22/h2-18,27H,1H3,(H,26,28)/t18-/m0/s1. The Morgan fingerprint density at radius 3 is 2.19 bits per heavy atom. The third-order valence-corrected chi connectivity index (χ3v) is 6.46. The Hall–Kier alpha value is -3.64. The van der Waals surface area contributed by atoms with E-state index in [1.807, 2.05) is 61.5 Å². The van der Waals surface area contributed by atoms with Crippen molar-refractivity contribution in [3.05, 3.63) is 108 Å². The minimum Gasteiger partial charge on any atom is -0.345 e. The number of para-hydroxylation sites is 1. The van der Waals surface area contributed by atoms with Gasteiger partial charge in [-0.15, -0.1) is 0 Å². The Labute approximate surface area is 181 Å². The fourth-order valence-corrected chi connectivity index (χ4v) is 4.52. The molecule has 0 aromatic heterocycles. The maximum absolute atomic E-state index is 13.0. The van der Waals surface area contributed by atoms with Gasteiger partial charge in [-0.1, -0.05) is 72.8 Å². The Kier molecular flexibility index (Phi) is 5.73. The molecule has 31 heavy (non-hydrogen) atoms. The highest BCUT2D eigenvalue weighted by Gasteiger charge is 2.20. The van der Waals surface area contributed by atoms with Gasteiger partial charge in [0, 0.05) is 0 Å². The minimum atomic E-state index is -3.87. The predicted octanol–water partition coefficient (Wildman–Crippen LogP) is 5.13. The van der Waals surface area contributed by atoms with Gasteiger partial charge in [-0.3, -0.25) is 9.52 Å². The first-order valence-corrected chi connectivity index (χ1v) is 11.4. The Bertz CT molecular complexity index is 1340. The molecule has 0 unspecified atom stereocenters. The Morgan fingerprint density at radius 2 is 1.42 bits per heavy atom. The summed E-state index contributed by atoms with van der Waals surface area (Å²) in [6.07, 6.45) is 0. The molecule has 0 bridgehead atoms. The number of anilines is 1. The Balaban J connectivity index is 1.59. The van der Waals surface area contributed by atoms with Gasteiger partial charge in [0.1, 0.15) is 0 Å². The monoisotopic (exact) mass is 430 g/mol. The maximum atomic E-state index is 13.0. The zero-order chi connectivity index (χ0) is 21.8. The lowest BCUT2D eigenvalue weighted by atomic mass is 10.1. The lowest BCUT2D eigenvalue weighted by Gasteiger charge is -2.17. The maximum Gasteiger partial charge on any atom is 0.261 e. The fourth-order valence-electron chi connectivity index (χ4n) is 3.41. The van der Waals surface area contributed by atoms with Crippen LogP contribution in [-0.2, 0) is 10.0 Å². The molecule has 0 aliphatic rings. The highest BCUT2D eigenvalue weighted by molar-refractivity contribution is 7.92. The van der Waals surface area contributed by atoms with E-state index in [1.165, 1.54) is 0 Å². The smallest absolute Gasteiger partial charge is 0.261 e. The lowest BCUT2D eigenvalue weighted by molar-refractivity contribution is 0.0941. The summed E-state index contributed by atoms with van der Waals surface area (Å²) >= 11 is 0. The van der Waals surface area contributed by atoms with E-state index in [1.54, 1.807) is 42.5 Å². The van der Waals surface area contributed by atoms with Crippen LogP contribution in [0.15, 0.2) is 102 Å². The first-order valence-electron chi connectivity index (χ1n) is 9.90. The summed E-state index contributed by atoms with van der Waals surface area (Å²) in [7, 11) is -3.87. The number of nitrogens with one attached hydrogen (secondary N) is 2. The van der Waals surface area contributed by atoms with E-state index >= 15 is 0 Å². The van der Waals surface area contributed by atoms with E-state index in [-0.39, 0.29) is 28.1 Å². The van der Waals surface area contributed by atoms with Crippen molar-refractivity contribution < 1.29 is 13.2 Å². The Morgan fingerprint density at radius 1 is 0.774 bits per heavy atom. The molecule has 4 aromatic rings. The van der Waals surface area contributed by atoms with E-state index in [0.29, 0.717) is 0 Å². The van der Waals surface area contributed by atoms with Gasteiger partial charge < -0.3 is 5.32 Å². The molecule has 4 rings (SSSR count). The van der Waals surface area contributed by atoms with Gasteiger partial charge in [0.15, 0.2) is 0 Å². The normalized spacial score (nSPS) is 12.3. The molecule has 1 atom stereocenters. The molecule has 156 valence electrons. The third-order valence-electron chi connectivity index (χ3n) is 5.09. The lowest BCUT2D eigenvalue weighted by Crippen LogP contribution is -2.28. The number of sulfonamides is 1. The first-order chi connectivity index (χ1) is 14.9. The predicted molar refractivity (Wildman–Crippen MR) is 124 cm³/mol. The highest BCUT2D eigenvalue weighted by atomic mass is 32.2. The van der Waals surface area contributed by atoms with E-state index in [9.17, 15) is 13.2 Å². The van der Waals surface area contributed by atoms with Gasteiger partial charge in [-0.2, -0.15) is 0 Å². The molecule has 1 amide bonds. The summed E-state index contributed by atoms with van der Waals surface area (Å²) < 4.78 is 28.6. The van der Waals surface area contributed by atoms with Crippen LogP contribution in [-0.4, -0.2) is 14.3 Å². The van der Waals surface area contributed by atoms with Crippen LogP contribution in [0.1, 0.15) is 28.9 Å². The summed E-state index contributed by atoms with van der Waals surface area (Å²) in [6, 6.07) is 28.4. The van der Waals surface area contributed by atoms with Gasteiger partial charge in [0.2, 0.25) is 0 Å². The quantitative estimate of drug-likeness (QED) is 0.445. The van der Waals surface area contributed by atoms with Crippen LogP contribution in [0.5, 0.6) is 0 Å². The zero-order valence-corrected chi connectivity index (χ0v) is 17.8. The van der Waals surface area contributed by atoms with Crippen molar-refractivity contribution in [2.24, 2.45) is 0 Å². The van der Waals surface area contributed by atoms with Crippen LogP contribution in [0.4, 0.5) is 5.69 Å². The van der Waals surface area contributed by atoms with Crippen LogP contribution in [0, 0.1) is 0 Å². The van der Waals surface area contributed by atoms with Crippen molar-refractivity contribution in [3.63, 3.8) is 0 Å². The second-order valence-electron chi connectivity index (χ2n) is 7.27. The van der Waals surface area contributed by atoms with E-state index in [4.69, 9.17) is 0 Å². The van der Waals surface area contributed by atoms with Crippen molar-refractivity contribution in [2.45, 2.75) is 17.9 Å². The van der Waals surface area contributed by atoms with Crippen LogP contribution >= 0.6 is 0 Å². The van der Waals surface area contributed by atoms with Gasteiger partial charge >= 0.3 is 0 Å². The van der Waals surface area contributed by atoms with Gasteiger partial charge in [0.05, 0.1) is 22.2 Å². The average molecular weight is 431 g/mol. The molecule has 0 saturated heterocycles. The number of amides is 1. The molecule has 0 aliphatic carbocycles. The molecular weight excluding hydrogens is 408 g/mol. The number of carbonyl (C=O) groups excluding carboxylic acids is 1. The summed E-state index contributed by atoms with van der Waals surface area (Å²) in [5.74, 6) is -0.354. The van der Waals surface area contributed by atoms with Crippen LogP contribution < -0.4 is 10.0 Å². The summed E-state index contributed by atoms with van der Waals surface area (Å²) in [5.41, 5.74) is 1.45. The van der Waals surface area contributed by atoms with Crippen molar-refractivity contribution in [1.82, 2.24) is 5.32 Å². The second kappa shape index (κ2) is 8.62. The highest BCUT2D eigenvalue weighted by Crippen LogP contribution is 2.24. The number of hydrogen-bond acceptors (Lipinski definition) is 3. The molecule has 0 heterocycles. The molecule has 0 fully saturated rings. The number of hydrogen-bond donors (Lipinski definition) is 2. The number of benzene rings is 4. The first kappa shape index (κ1) is 20.6. The van der Waals surface area contributed by atoms with Gasteiger partial charge in [-0.25, -0.2) is 8.42 Å². The van der Waals surface area contributed by atoms with E-state index in [2.05, 4.69) is 10.0 Å². The molecule has 0 saturated carbocycles. The van der Waals surface area contributed by atoms with Crippen molar-refractivity contribution in [2.75, 3.05) is 4.72 Å². The van der Waals surface area contributed by atoms with Crippen molar-refractivity contribution in [1.29, 1.82) is 0 Å². The summed E-state index contributed by atoms with van der Waals surface area (Å²) in [4.78, 5) is 13.0. The summed E-state index contributed by atoms with van der Waals surface area (Å²) in [5, 5.41) is 4.71. The molecule has 0 aliphatic heterocycles.